The van der Waals surface area contributed by atoms with Crippen molar-refractivity contribution in [2.24, 2.45) is 7.05 Å². The number of rotatable bonds is 10. The number of nitrogens with zero attached hydrogens (tertiary/aromatic N) is 4. The second-order valence-electron chi connectivity index (χ2n) is 4.68. The Morgan fingerprint density at radius 1 is 1.43 bits per heavy atom. The SMILES string of the molecule is CCC(CC)N(CCOC)c1nnc(SCC(=O)O)n1C. The number of hydrogen-bond acceptors (Lipinski definition) is 6. The number of thioether (sulfide) groups is 1. The second-order valence-corrected chi connectivity index (χ2v) is 5.62. The molecular weight excluding hydrogens is 292 g/mol. The Morgan fingerprint density at radius 2 is 2.10 bits per heavy atom. The maximum atomic E-state index is 10.7. The van der Waals surface area contributed by atoms with Gasteiger partial charge in [-0.2, -0.15) is 0 Å². The van der Waals surface area contributed by atoms with E-state index in [0.29, 0.717) is 17.8 Å². The molecule has 1 rings (SSSR count). The lowest BCUT2D eigenvalue weighted by atomic mass is 10.1. The Labute approximate surface area is 129 Å². The van der Waals surface area contributed by atoms with Gasteiger partial charge in [0.05, 0.1) is 12.4 Å². The lowest BCUT2D eigenvalue weighted by Gasteiger charge is -2.30. The minimum absolute atomic E-state index is 0.0188. The average molecular weight is 316 g/mol. The number of carboxylic acid groups (broad SMARTS) is 1. The molecule has 21 heavy (non-hydrogen) atoms. The lowest BCUT2D eigenvalue weighted by molar-refractivity contribution is -0.133. The van der Waals surface area contributed by atoms with Crippen molar-refractivity contribution in [2.75, 3.05) is 30.9 Å². The molecule has 0 fully saturated rings. The van der Waals surface area contributed by atoms with Gasteiger partial charge in [0.1, 0.15) is 0 Å². The summed E-state index contributed by atoms with van der Waals surface area (Å²) in [4.78, 5) is 12.8. The summed E-state index contributed by atoms with van der Waals surface area (Å²) in [6.07, 6.45) is 2.01. The monoisotopic (exact) mass is 316 g/mol. The quantitative estimate of drug-likeness (QED) is 0.657. The first-order chi connectivity index (χ1) is 10.0. The van der Waals surface area contributed by atoms with Crippen LogP contribution in [0.5, 0.6) is 0 Å². The highest BCUT2D eigenvalue weighted by Crippen LogP contribution is 2.23. The van der Waals surface area contributed by atoms with Crippen molar-refractivity contribution in [3.8, 4) is 0 Å². The molecule has 0 radical (unpaired) electrons. The van der Waals surface area contributed by atoms with E-state index in [2.05, 4.69) is 28.9 Å². The lowest BCUT2D eigenvalue weighted by Crippen LogP contribution is -2.38. The first-order valence-electron chi connectivity index (χ1n) is 7.04. The van der Waals surface area contributed by atoms with Crippen LogP contribution in [0.25, 0.3) is 0 Å². The van der Waals surface area contributed by atoms with Crippen LogP contribution in [-0.4, -0.2) is 57.9 Å². The normalized spacial score (nSPS) is 11.1. The van der Waals surface area contributed by atoms with Crippen molar-refractivity contribution in [1.29, 1.82) is 0 Å². The van der Waals surface area contributed by atoms with Crippen LogP contribution in [-0.2, 0) is 16.6 Å². The summed E-state index contributed by atoms with van der Waals surface area (Å²) < 4.78 is 7.03. The van der Waals surface area contributed by atoms with Crippen LogP contribution >= 0.6 is 11.8 Å². The molecule has 0 bridgehead atoms. The van der Waals surface area contributed by atoms with Crippen LogP contribution in [0.3, 0.4) is 0 Å². The van der Waals surface area contributed by atoms with Crippen molar-refractivity contribution in [3.05, 3.63) is 0 Å². The number of aromatic nitrogens is 3. The summed E-state index contributed by atoms with van der Waals surface area (Å²) in [5.41, 5.74) is 0. The van der Waals surface area contributed by atoms with Gasteiger partial charge in [-0.3, -0.25) is 9.36 Å². The highest BCUT2D eigenvalue weighted by Gasteiger charge is 2.22. The smallest absolute Gasteiger partial charge is 0.313 e. The molecule has 0 aliphatic rings. The maximum Gasteiger partial charge on any atom is 0.313 e. The summed E-state index contributed by atoms with van der Waals surface area (Å²) in [6, 6.07) is 0.361. The van der Waals surface area contributed by atoms with E-state index in [1.54, 1.807) is 7.11 Å². The van der Waals surface area contributed by atoms with E-state index in [-0.39, 0.29) is 5.75 Å². The van der Waals surface area contributed by atoms with Gasteiger partial charge in [0.2, 0.25) is 5.95 Å². The molecule has 0 spiro atoms. The third kappa shape index (κ3) is 4.89. The highest BCUT2D eigenvalue weighted by molar-refractivity contribution is 7.99. The van der Waals surface area contributed by atoms with Crippen LogP contribution < -0.4 is 4.90 Å². The maximum absolute atomic E-state index is 10.7. The van der Waals surface area contributed by atoms with Crippen molar-refractivity contribution in [2.45, 2.75) is 37.9 Å². The molecule has 0 aromatic carbocycles. The fourth-order valence-corrected chi connectivity index (χ4v) is 2.80. The molecule has 0 aliphatic heterocycles. The van der Waals surface area contributed by atoms with Gasteiger partial charge in [0, 0.05) is 26.7 Å². The Morgan fingerprint density at radius 3 is 2.62 bits per heavy atom. The summed E-state index contributed by atoms with van der Waals surface area (Å²) in [6.45, 7) is 5.63. The Kier molecular flexibility index (Phi) is 7.52. The topological polar surface area (TPSA) is 80.5 Å². The fourth-order valence-electron chi connectivity index (χ4n) is 2.17. The highest BCUT2D eigenvalue weighted by atomic mass is 32.2. The van der Waals surface area contributed by atoms with Crippen LogP contribution in [0.2, 0.25) is 0 Å². The van der Waals surface area contributed by atoms with E-state index in [0.717, 1.165) is 25.3 Å². The number of anilines is 1. The summed E-state index contributed by atoms with van der Waals surface area (Å²) in [5, 5.41) is 17.7. The second kappa shape index (κ2) is 8.89. The third-order valence-electron chi connectivity index (χ3n) is 3.31. The van der Waals surface area contributed by atoms with Gasteiger partial charge in [-0.15, -0.1) is 10.2 Å². The third-order valence-corrected chi connectivity index (χ3v) is 4.32. The minimum Gasteiger partial charge on any atom is -0.481 e. The molecule has 1 aromatic rings. The first kappa shape index (κ1) is 17.8. The van der Waals surface area contributed by atoms with E-state index in [9.17, 15) is 4.79 Å². The summed E-state index contributed by atoms with van der Waals surface area (Å²) in [5.74, 6) is -0.121. The van der Waals surface area contributed by atoms with Crippen molar-refractivity contribution >= 4 is 23.7 Å². The largest absolute Gasteiger partial charge is 0.481 e. The molecular formula is C13H24N4O3S. The standard InChI is InChI=1S/C13H24N4O3S/c1-5-10(6-2)17(7-8-20-4)12-14-15-13(16(12)3)21-9-11(18)19/h10H,5-9H2,1-4H3,(H,18,19). The molecule has 0 saturated carbocycles. The van der Waals surface area contributed by atoms with Gasteiger partial charge in [-0.25, -0.2) is 0 Å². The molecule has 7 nitrogen and oxygen atoms in total. The zero-order valence-corrected chi connectivity index (χ0v) is 13.9. The van der Waals surface area contributed by atoms with Gasteiger partial charge in [-0.05, 0) is 12.8 Å². The van der Waals surface area contributed by atoms with Crippen molar-refractivity contribution in [3.63, 3.8) is 0 Å². The molecule has 1 heterocycles. The van der Waals surface area contributed by atoms with Gasteiger partial charge >= 0.3 is 5.97 Å². The van der Waals surface area contributed by atoms with Crippen LogP contribution in [0, 0.1) is 0 Å². The van der Waals surface area contributed by atoms with Crippen molar-refractivity contribution < 1.29 is 14.6 Å². The Bertz CT molecular complexity index is 449. The molecule has 0 atom stereocenters. The fraction of sp³-hybridized carbons (Fsp3) is 0.769. The Balaban J connectivity index is 2.93. The molecule has 1 N–H and O–H groups in total. The zero-order valence-electron chi connectivity index (χ0n) is 13.1. The number of aliphatic carboxylic acids is 1. The number of carboxylic acids is 1. The number of methoxy groups -OCH3 is 1. The van der Waals surface area contributed by atoms with Crippen molar-refractivity contribution in [1.82, 2.24) is 14.8 Å². The molecule has 0 unspecified atom stereocenters. The predicted octanol–water partition coefficient (Wildman–Crippen LogP) is 1.63. The number of ether oxygens (including phenoxy) is 1. The summed E-state index contributed by atoms with van der Waals surface area (Å²) >= 11 is 1.18. The molecule has 8 heteroatoms. The predicted molar refractivity (Wildman–Crippen MR) is 83.0 cm³/mol. The summed E-state index contributed by atoms with van der Waals surface area (Å²) in [7, 11) is 3.54. The van der Waals surface area contributed by atoms with E-state index < -0.39 is 5.97 Å². The molecule has 0 amide bonds. The number of carbonyl (C=O) groups is 1. The first-order valence-corrected chi connectivity index (χ1v) is 8.03. The Hall–Kier alpha value is -1.28. The average Bonchev–Trinajstić information content (AvgIpc) is 2.82. The van der Waals surface area contributed by atoms with Crippen LogP contribution in [0.1, 0.15) is 26.7 Å². The minimum atomic E-state index is -0.860. The number of hydrogen-bond donors (Lipinski definition) is 1. The van der Waals surface area contributed by atoms with Gasteiger partial charge in [0.25, 0.3) is 0 Å². The van der Waals surface area contributed by atoms with E-state index in [1.807, 2.05) is 11.6 Å². The van der Waals surface area contributed by atoms with Crippen LogP contribution in [0.15, 0.2) is 5.16 Å². The molecule has 1 aromatic heterocycles. The van der Waals surface area contributed by atoms with E-state index in [1.165, 1.54) is 11.8 Å². The molecule has 0 aliphatic carbocycles. The van der Waals surface area contributed by atoms with Crippen LogP contribution in [0.4, 0.5) is 5.95 Å². The van der Waals surface area contributed by atoms with Gasteiger partial charge in [-0.1, -0.05) is 25.6 Å². The van der Waals surface area contributed by atoms with E-state index in [4.69, 9.17) is 9.84 Å². The van der Waals surface area contributed by atoms with Gasteiger partial charge in [0.15, 0.2) is 5.16 Å². The molecule has 120 valence electrons. The van der Waals surface area contributed by atoms with E-state index >= 15 is 0 Å². The zero-order chi connectivity index (χ0) is 15.8. The van der Waals surface area contributed by atoms with Gasteiger partial charge < -0.3 is 14.7 Å². The molecule has 0 saturated heterocycles.